The predicted molar refractivity (Wildman–Crippen MR) is 69.2 cm³/mol. The summed E-state index contributed by atoms with van der Waals surface area (Å²) in [5.74, 6) is -0.0263. The fraction of sp³-hybridized carbons (Fsp3) is 0.615. The first-order valence-electron chi connectivity index (χ1n) is 6.17. The number of esters is 1. The van der Waals surface area contributed by atoms with Crippen LogP contribution in [-0.4, -0.2) is 25.7 Å². The predicted octanol–water partition coefficient (Wildman–Crippen LogP) is 2.22. The van der Waals surface area contributed by atoms with Gasteiger partial charge in [-0.2, -0.15) is 0 Å². The van der Waals surface area contributed by atoms with Crippen molar-refractivity contribution < 1.29 is 9.53 Å². The van der Waals surface area contributed by atoms with E-state index in [1.165, 1.54) is 4.88 Å². The molecule has 1 N–H and O–H groups in total. The zero-order valence-corrected chi connectivity index (χ0v) is 11.0. The van der Waals surface area contributed by atoms with Crippen molar-refractivity contribution in [1.29, 1.82) is 0 Å². The maximum atomic E-state index is 12.1. The number of ether oxygens (including phenoxy) is 1. The van der Waals surface area contributed by atoms with Gasteiger partial charge in [-0.05, 0) is 30.8 Å². The number of carbonyl (C=O) groups excluding carboxylic acids is 1. The quantitative estimate of drug-likeness (QED) is 0.818. The van der Waals surface area contributed by atoms with E-state index in [2.05, 4.69) is 18.3 Å². The van der Waals surface area contributed by atoms with Crippen LogP contribution in [0.15, 0.2) is 17.5 Å². The molecule has 4 heteroatoms. The van der Waals surface area contributed by atoms with E-state index in [1.807, 2.05) is 11.4 Å². The molecule has 1 atom stereocenters. The van der Waals surface area contributed by atoms with Crippen molar-refractivity contribution in [3.05, 3.63) is 22.4 Å². The average molecular weight is 253 g/mol. The zero-order valence-electron chi connectivity index (χ0n) is 10.2. The molecule has 0 aromatic carbocycles. The van der Waals surface area contributed by atoms with Gasteiger partial charge in [0.25, 0.3) is 0 Å². The van der Waals surface area contributed by atoms with E-state index >= 15 is 0 Å². The third kappa shape index (κ3) is 2.87. The molecule has 1 fully saturated rings. The van der Waals surface area contributed by atoms with Crippen molar-refractivity contribution >= 4 is 17.3 Å². The van der Waals surface area contributed by atoms with Crippen LogP contribution in [-0.2, 0) is 16.0 Å². The van der Waals surface area contributed by atoms with Crippen LogP contribution in [0, 0.1) is 5.41 Å². The smallest absolute Gasteiger partial charge is 0.313 e. The van der Waals surface area contributed by atoms with Gasteiger partial charge in [-0.3, -0.25) is 4.79 Å². The van der Waals surface area contributed by atoms with E-state index in [9.17, 15) is 4.79 Å². The molecule has 0 aliphatic carbocycles. The van der Waals surface area contributed by atoms with Gasteiger partial charge in [-0.25, -0.2) is 0 Å². The molecule has 2 heterocycles. The highest BCUT2D eigenvalue weighted by molar-refractivity contribution is 7.09. The molecule has 2 rings (SSSR count). The summed E-state index contributed by atoms with van der Waals surface area (Å²) in [5, 5.41) is 5.30. The second-order valence-electron chi connectivity index (χ2n) is 4.53. The minimum absolute atomic E-state index is 0.0263. The van der Waals surface area contributed by atoms with E-state index in [-0.39, 0.29) is 11.4 Å². The molecule has 0 bridgehead atoms. The topological polar surface area (TPSA) is 38.3 Å². The Morgan fingerprint density at radius 2 is 2.53 bits per heavy atom. The van der Waals surface area contributed by atoms with E-state index in [0.29, 0.717) is 6.61 Å². The normalized spacial score (nSPS) is 23.8. The van der Waals surface area contributed by atoms with Gasteiger partial charge in [-0.15, -0.1) is 11.3 Å². The van der Waals surface area contributed by atoms with Crippen molar-refractivity contribution in [3.8, 4) is 0 Å². The molecule has 1 unspecified atom stereocenters. The van der Waals surface area contributed by atoms with Crippen LogP contribution in [0.2, 0.25) is 0 Å². The first kappa shape index (κ1) is 12.6. The summed E-state index contributed by atoms with van der Waals surface area (Å²) in [4.78, 5) is 13.3. The summed E-state index contributed by atoms with van der Waals surface area (Å²) < 4.78 is 5.42. The SMILES string of the molecule is CCC1(C(=O)OCCc2cccs2)CCNC1. The third-order valence-electron chi connectivity index (χ3n) is 3.52. The number of thiophene rings is 1. The molecule has 17 heavy (non-hydrogen) atoms. The van der Waals surface area contributed by atoms with Gasteiger partial charge in [0.15, 0.2) is 0 Å². The molecule has 1 aliphatic rings. The van der Waals surface area contributed by atoms with E-state index < -0.39 is 0 Å². The fourth-order valence-corrected chi connectivity index (χ4v) is 2.91. The summed E-state index contributed by atoms with van der Waals surface area (Å²) in [6.07, 6.45) is 2.59. The molecule has 0 amide bonds. The van der Waals surface area contributed by atoms with Crippen molar-refractivity contribution in [2.45, 2.75) is 26.2 Å². The van der Waals surface area contributed by atoms with Gasteiger partial charge >= 0.3 is 5.97 Å². The van der Waals surface area contributed by atoms with Crippen LogP contribution in [0.3, 0.4) is 0 Å². The minimum Gasteiger partial charge on any atom is -0.465 e. The Balaban J connectivity index is 1.80. The second kappa shape index (κ2) is 5.65. The molecule has 0 saturated carbocycles. The first-order valence-corrected chi connectivity index (χ1v) is 7.05. The van der Waals surface area contributed by atoms with Gasteiger partial charge in [0.1, 0.15) is 0 Å². The van der Waals surface area contributed by atoms with Gasteiger partial charge in [-0.1, -0.05) is 13.0 Å². The number of hydrogen-bond acceptors (Lipinski definition) is 4. The number of rotatable bonds is 5. The van der Waals surface area contributed by atoms with Crippen molar-refractivity contribution in [2.24, 2.45) is 5.41 Å². The van der Waals surface area contributed by atoms with Gasteiger partial charge in [0.2, 0.25) is 0 Å². The average Bonchev–Trinajstić information content (AvgIpc) is 3.00. The molecule has 94 valence electrons. The lowest BCUT2D eigenvalue weighted by molar-refractivity contribution is -0.154. The first-order chi connectivity index (χ1) is 8.27. The summed E-state index contributed by atoms with van der Waals surface area (Å²) in [7, 11) is 0. The number of hydrogen-bond donors (Lipinski definition) is 1. The summed E-state index contributed by atoms with van der Waals surface area (Å²) in [6, 6.07) is 4.10. The molecule has 1 saturated heterocycles. The summed E-state index contributed by atoms with van der Waals surface area (Å²) in [5.41, 5.74) is -0.268. The Kier molecular flexibility index (Phi) is 4.18. The molecule has 1 aromatic heterocycles. The van der Waals surface area contributed by atoms with Crippen LogP contribution in [0.4, 0.5) is 0 Å². The van der Waals surface area contributed by atoms with Crippen LogP contribution in [0.1, 0.15) is 24.6 Å². The Bertz CT molecular complexity index is 356. The van der Waals surface area contributed by atoms with Crippen LogP contribution in [0.5, 0.6) is 0 Å². The zero-order chi connectivity index (χ0) is 12.1. The highest BCUT2D eigenvalue weighted by Gasteiger charge is 2.40. The maximum Gasteiger partial charge on any atom is 0.313 e. The lowest BCUT2D eigenvalue weighted by Crippen LogP contribution is -2.34. The van der Waals surface area contributed by atoms with Crippen LogP contribution >= 0.6 is 11.3 Å². The molecule has 1 aliphatic heterocycles. The van der Waals surface area contributed by atoms with E-state index in [4.69, 9.17) is 4.74 Å². The van der Waals surface area contributed by atoms with Crippen LogP contribution in [0.25, 0.3) is 0 Å². The lowest BCUT2D eigenvalue weighted by atomic mass is 9.84. The molecule has 0 spiro atoms. The van der Waals surface area contributed by atoms with Crippen LogP contribution < -0.4 is 5.32 Å². The number of nitrogens with one attached hydrogen (secondary N) is 1. The largest absolute Gasteiger partial charge is 0.465 e. The Labute approximate surface area is 106 Å². The lowest BCUT2D eigenvalue weighted by Gasteiger charge is -2.23. The van der Waals surface area contributed by atoms with Crippen molar-refractivity contribution in [2.75, 3.05) is 19.7 Å². The molecule has 1 aromatic rings. The van der Waals surface area contributed by atoms with Crippen molar-refractivity contribution in [1.82, 2.24) is 5.32 Å². The minimum atomic E-state index is -0.268. The second-order valence-corrected chi connectivity index (χ2v) is 5.56. The molecule has 3 nitrogen and oxygen atoms in total. The van der Waals surface area contributed by atoms with E-state index in [0.717, 1.165) is 32.4 Å². The van der Waals surface area contributed by atoms with Gasteiger partial charge < -0.3 is 10.1 Å². The van der Waals surface area contributed by atoms with Gasteiger partial charge in [0.05, 0.1) is 12.0 Å². The Morgan fingerprint density at radius 1 is 1.65 bits per heavy atom. The van der Waals surface area contributed by atoms with E-state index in [1.54, 1.807) is 11.3 Å². The van der Waals surface area contributed by atoms with Gasteiger partial charge in [0, 0.05) is 17.8 Å². The highest BCUT2D eigenvalue weighted by atomic mass is 32.1. The third-order valence-corrected chi connectivity index (χ3v) is 4.45. The monoisotopic (exact) mass is 253 g/mol. The molecule has 0 radical (unpaired) electrons. The number of carbonyl (C=O) groups is 1. The summed E-state index contributed by atoms with van der Waals surface area (Å²) >= 11 is 1.71. The Morgan fingerprint density at radius 3 is 3.12 bits per heavy atom. The standard InChI is InChI=1S/C13H19NO2S/c1-2-13(6-7-14-10-13)12(15)16-8-5-11-4-3-9-17-11/h3-4,9,14H,2,5-8,10H2,1H3. The highest BCUT2D eigenvalue weighted by Crippen LogP contribution is 2.30. The molecular formula is C13H19NO2S. The molecular weight excluding hydrogens is 234 g/mol. The van der Waals surface area contributed by atoms with Crippen molar-refractivity contribution in [3.63, 3.8) is 0 Å². The Hall–Kier alpha value is -0.870. The summed E-state index contributed by atoms with van der Waals surface area (Å²) in [6.45, 7) is 4.25. The fourth-order valence-electron chi connectivity index (χ4n) is 2.22. The maximum absolute atomic E-state index is 12.1.